The zero-order chi connectivity index (χ0) is 17.8. The van der Waals surface area contributed by atoms with Crippen LogP contribution < -0.4 is 0 Å². The van der Waals surface area contributed by atoms with Crippen LogP contribution in [-0.4, -0.2) is 0 Å². The number of halogens is 1. The maximum absolute atomic E-state index is 6.41. The van der Waals surface area contributed by atoms with Gasteiger partial charge in [-0.3, -0.25) is 0 Å². The number of hydrogen-bond acceptors (Lipinski definition) is 2. The van der Waals surface area contributed by atoms with Gasteiger partial charge in [-0.2, -0.15) is 0 Å². The lowest BCUT2D eigenvalue weighted by molar-refractivity contribution is 0.576. The van der Waals surface area contributed by atoms with Gasteiger partial charge in [-0.15, -0.1) is 0 Å². The van der Waals surface area contributed by atoms with Crippen molar-refractivity contribution in [2.45, 2.75) is 33.1 Å². The van der Waals surface area contributed by atoms with Gasteiger partial charge in [-0.1, -0.05) is 57.2 Å². The molecule has 4 rings (SSSR count). The molecule has 0 aliphatic carbocycles. The summed E-state index contributed by atoms with van der Waals surface area (Å²) in [6.07, 6.45) is 0. The van der Waals surface area contributed by atoms with Crippen molar-refractivity contribution in [1.82, 2.24) is 0 Å². The molecule has 4 heteroatoms. The fourth-order valence-corrected chi connectivity index (χ4v) is 4.50. The maximum Gasteiger partial charge on any atom is 0.327 e. The number of benzene rings is 3. The number of hydrogen-bond donors (Lipinski definition) is 0. The van der Waals surface area contributed by atoms with E-state index in [0.717, 1.165) is 32.9 Å². The first kappa shape index (κ1) is 16.6. The predicted octanol–water partition coefficient (Wildman–Crippen LogP) is 8.05. The van der Waals surface area contributed by atoms with Crippen LogP contribution in [-0.2, 0) is 5.41 Å². The third-order valence-corrected chi connectivity index (χ3v) is 5.61. The Kier molecular flexibility index (Phi) is 3.86. The summed E-state index contributed by atoms with van der Waals surface area (Å²) in [5.74, 6) is 0. The van der Waals surface area contributed by atoms with Crippen LogP contribution in [0.2, 0.25) is 0 Å². The van der Waals surface area contributed by atoms with Gasteiger partial charge in [0.05, 0.1) is 0 Å². The summed E-state index contributed by atoms with van der Waals surface area (Å²) in [4.78, 5) is 0. The fraction of sp³-hybridized carbons (Fsp3) is 0.238. The molecule has 1 heterocycles. The SMILES string of the molecule is Cc1cc(C(C)(C)C)c2op(Cl)oc3ccc4ccccc4c3c2c1. The van der Waals surface area contributed by atoms with Crippen molar-refractivity contribution < 1.29 is 8.39 Å². The van der Waals surface area contributed by atoms with Gasteiger partial charge in [0.25, 0.3) is 0 Å². The van der Waals surface area contributed by atoms with Crippen LogP contribution in [0.4, 0.5) is 0 Å². The normalized spacial score (nSPS) is 12.9. The van der Waals surface area contributed by atoms with Crippen molar-refractivity contribution in [3.63, 3.8) is 0 Å². The molecule has 0 fully saturated rings. The van der Waals surface area contributed by atoms with Crippen molar-refractivity contribution in [3.8, 4) is 0 Å². The Morgan fingerprint density at radius 2 is 1.68 bits per heavy atom. The lowest BCUT2D eigenvalue weighted by atomic mass is 9.84. The highest BCUT2D eigenvalue weighted by atomic mass is 35.7. The first-order valence-corrected chi connectivity index (χ1v) is 10.4. The Hall–Kier alpha value is -1.89. The molecule has 25 heavy (non-hydrogen) atoms. The molecule has 0 bridgehead atoms. The molecule has 1 atom stereocenters. The van der Waals surface area contributed by atoms with Crippen LogP contribution in [0, 0.1) is 6.92 Å². The maximum atomic E-state index is 6.41. The van der Waals surface area contributed by atoms with Gasteiger partial charge in [-0.25, -0.2) is 0 Å². The van der Waals surface area contributed by atoms with E-state index in [1.54, 1.807) is 0 Å². The molecule has 0 radical (unpaired) electrons. The van der Waals surface area contributed by atoms with Crippen LogP contribution >= 0.6 is 18.6 Å². The minimum absolute atomic E-state index is 0.0573. The molecule has 128 valence electrons. The quantitative estimate of drug-likeness (QED) is 0.313. The molecular formula is C21H20ClO2P. The minimum atomic E-state index is -1.55. The third-order valence-electron chi connectivity index (χ3n) is 4.53. The summed E-state index contributed by atoms with van der Waals surface area (Å²) < 4.78 is 12.1. The van der Waals surface area contributed by atoms with Crippen molar-refractivity contribution in [3.05, 3.63) is 59.7 Å². The second kappa shape index (κ2) is 5.83. The first-order valence-electron chi connectivity index (χ1n) is 8.34. The molecular weight excluding hydrogens is 351 g/mol. The molecule has 1 unspecified atom stereocenters. The van der Waals surface area contributed by atoms with Gasteiger partial charge in [0.15, 0.2) is 0 Å². The molecule has 0 aliphatic rings. The highest BCUT2D eigenvalue weighted by Crippen LogP contribution is 2.43. The molecule has 2 nitrogen and oxygen atoms in total. The summed E-state index contributed by atoms with van der Waals surface area (Å²) in [6.45, 7) is 8.70. The molecule has 3 aromatic carbocycles. The molecule has 0 amide bonds. The second-order valence-electron chi connectivity index (χ2n) is 7.49. The van der Waals surface area contributed by atoms with E-state index < -0.39 is 7.37 Å². The molecule has 0 saturated carbocycles. The first-order chi connectivity index (χ1) is 11.8. The van der Waals surface area contributed by atoms with Gasteiger partial charge >= 0.3 is 7.37 Å². The third kappa shape index (κ3) is 2.84. The van der Waals surface area contributed by atoms with E-state index in [0.29, 0.717) is 0 Å². The average Bonchev–Trinajstić information content (AvgIpc) is 2.69. The number of fused-ring (bicyclic) bond motifs is 5. The summed E-state index contributed by atoms with van der Waals surface area (Å²) in [5, 5.41) is 4.45. The van der Waals surface area contributed by atoms with E-state index >= 15 is 0 Å². The lowest BCUT2D eigenvalue weighted by Crippen LogP contribution is -2.11. The zero-order valence-corrected chi connectivity index (χ0v) is 16.4. The Labute approximate surface area is 152 Å². The highest BCUT2D eigenvalue weighted by molar-refractivity contribution is 7.68. The largest absolute Gasteiger partial charge is 0.408 e. The molecule has 0 N–H and O–H groups in total. The number of aryl methyl sites for hydroxylation is 1. The smallest absolute Gasteiger partial charge is 0.327 e. The van der Waals surface area contributed by atoms with Crippen LogP contribution in [0.1, 0.15) is 31.9 Å². The van der Waals surface area contributed by atoms with E-state index in [9.17, 15) is 0 Å². The lowest BCUT2D eigenvalue weighted by Gasteiger charge is -2.20. The Bertz CT molecular complexity index is 1150. The van der Waals surface area contributed by atoms with E-state index in [1.165, 1.54) is 10.9 Å². The van der Waals surface area contributed by atoms with Crippen LogP contribution in [0.25, 0.3) is 32.7 Å². The Morgan fingerprint density at radius 3 is 2.44 bits per heavy atom. The van der Waals surface area contributed by atoms with Crippen molar-refractivity contribution >= 4 is 51.3 Å². The summed E-state index contributed by atoms with van der Waals surface area (Å²) in [6, 6.07) is 16.8. The van der Waals surface area contributed by atoms with Gasteiger partial charge in [0.2, 0.25) is 0 Å². The van der Waals surface area contributed by atoms with E-state index in [2.05, 4.69) is 70.2 Å². The van der Waals surface area contributed by atoms with Crippen LogP contribution in [0.3, 0.4) is 0 Å². The van der Waals surface area contributed by atoms with Crippen molar-refractivity contribution in [1.29, 1.82) is 0 Å². The van der Waals surface area contributed by atoms with E-state index in [1.807, 2.05) is 6.07 Å². The molecule has 0 spiro atoms. The minimum Gasteiger partial charge on any atom is -0.408 e. The van der Waals surface area contributed by atoms with Crippen molar-refractivity contribution in [2.24, 2.45) is 0 Å². The monoisotopic (exact) mass is 370 g/mol. The molecule has 0 aliphatic heterocycles. The molecule has 1 aromatic heterocycles. The number of rotatable bonds is 0. The van der Waals surface area contributed by atoms with E-state index in [4.69, 9.17) is 19.6 Å². The van der Waals surface area contributed by atoms with Gasteiger partial charge in [0, 0.05) is 27.6 Å². The highest BCUT2D eigenvalue weighted by Gasteiger charge is 2.21. The standard InChI is InChI=1S/C21H20ClO2P/c1-13-11-16-19-15-8-6-5-7-14(15)9-10-18(19)23-25(22)24-20(16)17(12-13)21(2,3)4/h5-12H,1-4H3. The Morgan fingerprint density at radius 1 is 0.920 bits per heavy atom. The molecule has 0 saturated heterocycles. The van der Waals surface area contributed by atoms with Crippen LogP contribution in [0.15, 0.2) is 56.9 Å². The van der Waals surface area contributed by atoms with Crippen LogP contribution in [0.5, 0.6) is 0 Å². The summed E-state index contributed by atoms with van der Waals surface area (Å²) in [5.41, 5.74) is 3.92. The summed E-state index contributed by atoms with van der Waals surface area (Å²) in [7, 11) is -1.55. The van der Waals surface area contributed by atoms with Crippen molar-refractivity contribution in [2.75, 3.05) is 0 Å². The summed E-state index contributed by atoms with van der Waals surface area (Å²) >= 11 is 6.41. The second-order valence-corrected chi connectivity index (χ2v) is 9.11. The zero-order valence-electron chi connectivity index (χ0n) is 14.8. The average molecular weight is 371 g/mol. The van der Waals surface area contributed by atoms with E-state index in [-0.39, 0.29) is 5.41 Å². The molecule has 4 aromatic rings. The van der Waals surface area contributed by atoms with Gasteiger partial charge < -0.3 is 8.39 Å². The van der Waals surface area contributed by atoms with Gasteiger partial charge in [0.1, 0.15) is 11.2 Å². The van der Waals surface area contributed by atoms with Gasteiger partial charge in [-0.05, 0) is 40.8 Å². The Balaban J connectivity index is 2.38. The predicted molar refractivity (Wildman–Crippen MR) is 109 cm³/mol. The fourth-order valence-electron chi connectivity index (χ4n) is 3.39. The topological polar surface area (TPSA) is 26.3 Å².